The van der Waals surface area contributed by atoms with Crippen LogP contribution >= 0.6 is 0 Å². The summed E-state index contributed by atoms with van der Waals surface area (Å²) in [6.45, 7) is 2.56. The molecule has 1 amide bonds. The summed E-state index contributed by atoms with van der Waals surface area (Å²) in [5, 5.41) is 2.89. The molecule has 0 aliphatic rings. The summed E-state index contributed by atoms with van der Waals surface area (Å²) in [6, 6.07) is 3.30. The van der Waals surface area contributed by atoms with Crippen molar-refractivity contribution in [1.82, 2.24) is 10.3 Å². The van der Waals surface area contributed by atoms with Gasteiger partial charge in [0.2, 0.25) is 0 Å². The van der Waals surface area contributed by atoms with Crippen molar-refractivity contribution in [2.45, 2.75) is 25.8 Å². The monoisotopic (exact) mass is 252 g/mol. The molecule has 0 spiro atoms. The molecule has 1 rings (SSSR count). The third-order valence-electron chi connectivity index (χ3n) is 2.50. The van der Waals surface area contributed by atoms with Crippen LogP contribution in [0.4, 0.5) is 5.69 Å². The number of methoxy groups -OCH3 is 1. The zero-order chi connectivity index (χ0) is 13.4. The molecule has 0 radical (unpaired) electrons. The molecular formula is C12H20N4O2. The van der Waals surface area contributed by atoms with Crippen molar-refractivity contribution < 1.29 is 9.53 Å². The lowest BCUT2D eigenvalue weighted by Gasteiger charge is -2.16. The van der Waals surface area contributed by atoms with E-state index < -0.39 is 0 Å². The Morgan fingerprint density at radius 1 is 1.61 bits per heavy atom. The van der Waals surface area contributed by atoms with E-state index in [0.717, 1.165) is 12.8 Å². The highest BCUT2D eigenvalue weighted by atomic mass is 16.5. The fourth-order valence-electron chi connectivity index (χ4n) is 1.65. The number of carbonyl (C=O) groups excluding carboxylic acids is 1. The second kappa shape index (κ2) is 7.62. The minimum atomic E-state index is -0.220. The first-order valence-electron chi connectivity index (χ1n) is 5.93. The fraction of sp³-hybridized carbons (Fsp3) is 0.500. The van der Waals surface area contributed by atoms with Gasteiger partial charge in [0, 0.05) is 13.3 Å². The Morgan fingerprint density at radius 3 is 3.00 bits per heavy atom. The number of pyridine rings is 1. The fourth-order valence-corrected chi connectivity index (χ4v) is 1.65. The summed E-state index contributed by atoms with van der Waals surface area (Å²) in [6.07, 6.45) is 3.38. The molecule has 1 heterocycles. The molecule has 6 heteroatoms. The van der Waals surface area contributed by atoms with Gasteiger partial charge in [0.15, 0.2) is 0 Å². The molecule has 6 nitrogen and oxygen atoms in total. The molecule has 1 unspecified atom stereocenters. The van der Waals surface area contributed by atoms with Gasteiger partial charge < -0.3 is 15.5 Å². The summed E-state index contributed by atoms with van der Waals surface area (Å²) in [5.41, 5.74) is 3.46. The number of aromatic nitrogens is 1. The molecule has 0 aromatic carbocycles. The SMILES string of the molecule is CCCC(COC)NC(=O)c1cc(NN)ccn1. The topological polar surface area (TPSA) is 89.3 Å². The van der Waals surface area contributed by atoms with Crippen molar-refractivity contribution in [3.05, 3.63) is 24.0 Å². The predicted molar refractivity (Wildman–Crippen MR) is 70.1 cm³/mol. The van der Waals surface area contributed by atoms with E-state index in [1.54, 1.807) is 19.2 Å². The molecule has 0 saturated heterocycles. The summed E-state index contributed by atoms with van der Waals surface area (Å²) < 4.78 is 5.07. The van der Waals surface area contributed by atoms with E-state index in [1.165, 1.54) is 6.20 Å². The number of hydrogen-bond donors (Lipinski definition) is 3. The number of nitrogen functional groups attached to an aromatic ring is 1. The van der Waals surface area contributed by atoms with E-state index in [-0.39, 0.29) is 11.9 Å². The van der Waals surface area contributed by atoms with Crippen LogP contribution in [0.1, 0.15) is 30.3 Å². The van der Waals surface area contributed by atoms with Gasteiger partial charge in [-0.1, -0.05) is 13.3 Å². The van der Waals surface area contributed by atoms with Crippen LogP contribution in [-0.4, -0.2) is 30.6 Å². The van der Waals surface area contributed by atoms with Crippen LogP contribution in [0.2, 0.25) is 0 Å². The third-order valence-corrected chi connectivity index (χ3v) is 2.50. The molecule has 0 saturated carbocycles. The van der Waals surface area contributed by atoms with Crippen LogP contribution in [0.25, 0.3) is 0 Å². The van der Waals surface area contributed by atoms with Crippen LogP contribution in [0.5, 0.6) is 0 Å². The normalized spacial score (nSPS) is 11.9. The Kier molecular flexibility index (Phi) is 6.10. The Bertz CT molecular complexity index is 378. The molecule has 0 fully saturated rings. The smallest absolute Gasteiger partial charge is 0.270 e. The number of nitrogens with two attached hydrogens (primary N) is 1. The van der Waals surface area contributed by atoms with Gasteiger partial charge in [0.05, 0.1) is 18.3 Å². The average Bonchev–Trinajstić information content (AvgIpc) is 2.39. The number of rotatable bonds is 7. The first kappa shape index (κ1) is 14.4. The molecule has 100 valence electrons. The lowest BCUT2D eigenvalue weighted by molar-refractivity contribution is 0.0886. The standard InChI is InChI=1S/C12H20N4O2/c1-3-4-10(8-18-2)15-12(17)11-7-9(16-13)5-6-14-11/h5-7,10H,3-4,8,13H2,1-2H3,(H,14,16)(H,15,17). The Labute approximate surface area is 107 Å². The van der Waals surface area contributed by atoms with Gasteiger partial charge in [-0.2, -0.15) is 0 Å². The van der Waals surface area contributed by atoms with Crippen molar-refractivity contribution in [2.24, 2.45) is 5.84 Å². The van der Waals surface area contributed by atoms with Crippen molar-refractivity contribution in [3.8, 4) is 0 Å². The highest BCUT2D eigenvalue weighted by molar-refractivity contribution is 5.93. The minimum absolute atomic E-state index is 0.00351. The van der Waals surface area contributed by atoms with Crippen molar-refractivity contribution in [2.75, 3.05) is 19.1 Å². The van der Waals surface area contributed by atoms with Crippen LogP contribution in [-0.2, 0) is 4.74 Å². The molecule has 0 aliphatic carbocycles. The Morgan fingerprint density at radius 2 is 2.39 bits per heavy atom. The molecule has 1 aromatic rings. The molecule has 1 atom stereocenters. The molecule has 1 aromatic heterocycles. The van der Waals surface area contributed by atoms with E-state index in [4.69, 9.17) is 10.6 Å². The zero-order valence-electron chi connectivity index (χ0n) is 10.8. The molecule has 4 N–H and O–H groups in total. The number of hydrogen-bond acceptors (Lipinski definition) is 5. The Balaban J connectivity index is 2.67. The molecule has 0 aliphatic heterocycles. The maximum atomic E-state index is 12.0. The number of anilines is 1. The van der Waals surface area contributed by atoms with E-state index in [1.807, 2.05) is 0 Å². The van der Waals surface area contributed by atoms with E-state index in [2.05, 4.69) is 22.7 Å². The van der Waals surface area contributed by atoms with Crippen LogP contribution in [0.15, 0.2) is 18.3 Å². The van der Waals surface area contributed by atoms with Gasteiger partial charge in [-0.15, -0.1) is 0 Å². The quantitative estimate of drug-likeness (QED) is 0.496. The van der Waals surface area contributed by atoms with Gasteiger partial charge >= 0.3 is 0 Å². The van der Waals surface area contributed by atoms with Crippen molar-refractivity contribution in [1.29, 1.82) is 0 Å². The van der Waals surface area contributed by atoms with Crippen LogP contribution in [0.3, 0.4) is 0 Å². The highest BCUT2D eigenvalue weighted by Gasteiger charge is 2.14. The van der Waals surface area contributed by atoms with E-state index in [0.29, 0.717) is 18.0 Å². The molecular weight excluding hydrogens is 232 g/mol. The van der Waals surface area contributed by atoms with Gasteiger partial charge in [-0.05, 0) is 18.6 Å². The lowest BCUT2D eigenvalue weighted by atomic mass is 10.1. The van der Waals surface area contributed by atoms with E-state index >= 15 is 0 Å². The van der Waals surface area contributed by atoms with Gasteiger partial charge in [0.25, 0.3) is 5.91 Å². The second-order valence-corrected chi connectivity index (χ2v) is 3.99. The van der Waals surface area contributed by atoms with E-state index in [9.17, 15) is 4.79 Å². The zero-order valence-corrected chi connectivity index (χ0v) is 10.8. The van der Waals surface area contributed by atoms with Crippen LogP contribution in [0, 0.1) is 0 Å². The summed E-state index contributed by atoms with van der Waals surface area (Å²) >= 11 is 0. The van der Waals surface area contributed by atoms with Crippen molar-refractivity contribution >= 4 is 11.6 Å². The minimum Gasteiger partial charge on any atom is -0.383 e. The molecule has 18 heavy (non-hydrogen) atoms. The predicted octanol–water partition coefficient (Wildman–Crippen LogP) is 0.912. The number of nitrogens with zero attached hydrogens (tertiary/aromatic N) is 1. The average molecular weight is 252 g/mol. The van der Waals surface area contributed by atoms with Gasteiger partial charge in [-0.25, -0.2) is 0 Å². The summed E-state index contributed by atoms with van der Waals surface area (Å²) in [4.78, 5) is 16.0. The van der Waals surface area contributed by atoms with Crippen LogP contribution < -0.4 is 16.6 Å². The maximum Gasteiger partial charge on any atom is 0.270 e. The Hall–Kier alpha value is -1.66. The third kappa shape index (κ3) is 4.31. The van der Waals surface area contributed by atoms with Gasteiger partial charge in [-0.3, -0.25) is 15.6 Å². The number of amides is 1. The largest absolute Gasteiger partial charge is 0.383 e. The maximum absolute atomic E-state index is 12.0. The number of hydrazine groups is 1. The number of carbonyl (C=O) groups is 1. The summed E-state index contributed by atoms with van der Waals surface area (Å²) in [7, 11) is 1.62. The second-order valence-electron chi connectivity index (χ2n) is 3.99. The highest BCUT2D eigenvalue weighted by Crippen LogP contribution is 2.07. The number of ether oxygens (including phenoxy) is 1. The molecule has 0 bridgehead atoms. The number of nitrogens with one attached hydrogen (secondary N) is 2. The summed E-state index contributed by atoms with van der Waals surface area (Å²) in [5.74, 6) is 5.07. The first-order valence-corrected chi connectivity index (χ1v) is 5.93. The van der Waals surface area contributed by atoms with Gasteiger partial charge in [0.1, 0.15) is 5.69 Å². The van der Waals surface area contributed by atoms with Crippen molar-refractivity contribution in [3.63, 3.8) is 0 Å². The first-order chi connectivity index (χ1) is 8.71. The lowest BCUT2D eigenvalue weighted by Crippen LogP contribution is -2.38.